The number of nitrogens with two attached hydrogens (primary N) is 1. The van der Waals surface area contributed by atoms with Crippen LogP contribution in [0.3, 0.4) is 0 Å². The van der Waals surface area contributed by atoms with Crippen molar-refractivity contribution in [1.29, 1.82) is 0 Å². The number of nitrogens with zero attached hydrogens (tertiary/aromatic N) is 1. The van der Waals surface area contributed by atoms with Gasteiger partial charge in [0.15, 0.2) is 0 Å². The Bertz CT molecular complexity index is 376. The summed E-state index contributed by atoms with van der Waals surface area (Å²) in [5.74, 6) is 0. The lowest BCUT2D eigenvalue weighted by molar-refractivity contribution is 0.0572. The van der Waals surface area contributed by atoms with Crippen molar-refractivity contribution in [2.45, 2.75) is 18.8 Å². The summed E-state index contributed by atoms with van der Waals surface area (Å²) in [6.07, 6.45) is -1.41. The Hall–Kier alpha value is -0.810. The number of anilines is 1. The highest BCUT2D eigenvalue weighted by atomic mass is 35.5. The molecule has 0 radical (unpaired) electrons. The molecule has 4 nitrogen and oxygen atoms in total. The van der Waals surface area contributed by atoms with Crippen LogP contribution in [-0.4, -0.2) is 35.5 Å². The number of benzene rings is 1. The van der Waals surface area contributed by atoms with Gasteiger partial charge in [0.05, 0.1) is 12.2 Å². The van der Waals surface area contributed by atoms with Crippen molar-refractivity contribution in [3.63, 3.8) is 0 Å². The maximum absolute atomic E-state index is 9.51. The van der Waals surface area contributed by atoms with Gasteiger partial charge in [0.25, 0.3) is 0 Å². The van der Waals surface area contributed by atoms with Crippen LogP contribution in [-0.2, 0) is 6.54 Å². The van der Waals surface area contributed by atoms with Gasteiger partial charge in [-0.2, -0.15) is 0 Å². The molecule has 2 unspecified atom stereocenters. The molecule has 1 heterocycles. The van der Waals surface area contributed by atoms with Crippen molar-refractivity contribution in [2.24, 2.45) is 5.73 Å². The number of aliphatic hydroxyl groups excluding tert-OH is 2. The van der Waals surface area contributed by atoms with E-state index in [0.29, 0.717) is 24.7 Å². The van der Waals surface area contributed by atoms with Crippen LogP contribution in [0.1, 0.15) is 5.56 Å². The van der Waals surface area contributed by atoms with Gasteiger partial charge in [-0.1, -0.05) is 17.7 Å². The minimum absolute atomic E-state index is 0.345. The van der Waals surface area contributed by atoms with Crippen molar-refractivity contribution in [1.82, 2.24) is 0 Å². The molecule has 16 heavy (non-hydrogen) atoms. The third-order valence-electron chi connectivity index (χ3n) is 2.90. The second kappa shape index (κ2) is 4.59. The maximum atomic E-state index is 9.51. The number of rotatable bonds is 2. The Labute approximate surface area is 99.2 Å². The van der Waals surface area contributed by atoms with Crippen molar-refractivity contribution in [3.8, 4) is 0 Å². The van der Waals surface area contributed by atoms with E-state index in [1.54, 1.807) is 6.07 Å². The van der Waals surface area contributed by atoms with Crippen molar-refractivity contribution in [3.05, 3.63) is 28.8 Å². The average molecular weight is 243 g/mol. The predicted octanol–water partition coefficient (Wildman–Crippen LogP) is 0.340. The van der Waals surface area contributed by atoms with E-state index < -0.39 is 12.2 Å². The maximum Gasteiger partial charge on any atom is 0.0990 e. The molecule has 2 atom stereocenters. The smallest absolute Gasteiger partial charge is 0.0990 e. The van der Waals surface area contributed by atoms with Gasteiger partial charge >= 0.3 is 0 Å². The molecule has 0 amide bonds. The van der Waals surface area contributed by atoms with Crippen LogP contribution >= 0.6 is 11.6 Å². The molecule has 0 spiro atoms. The second-order valence-corrected chi connectivity index (χ2v) is 4.39. The standard InChI is InChI=1S/C11H15ClN2O2/c12-8-2-1-3-9(7(8)4-13)14-5-10(15)11(16)6-14/h1-3,10-11,15-16H,4-6,13H2. The zero-order valence-electron chi connectivity index (χ0n) is 8.81. The first kappa shape index (κ1) is 11.7. The summed E-state index contributed by atoms with van der Waals surface area (Å²) in [5.41, 5.74) is 7.40. The van der Waals surface area contributed by atoms with Crippen LogP contribution in [0.4, 0.5) is 5.69 Å². The minimum Gasteiger partial charge on any atom is -0.389 e. The lowest BCUT2D eigenvalue weighted by Crippen LogP contribution is -2.23. The summed E-state index contributed by atoms with van der Waals surface area (Å²) in [5, 5.41) is 19.6. The number of β-amino-alcohol motifs (C(OH)–C–C–N with tert-alkyl or cyclic N) is 2. The van der Waals surface area contributed by atoms with Gasteiger partial charge in [-0.05, 0) is 12.1 Å². The fraction of sp³-hybridized carbons (Fsp3) is 0.455. The van der Waals surface area contributed by atoms with E-state index in [0.717, 1.165) is 11.3 Å². The molecular weight excluding hydrogens is 228 g/mol. The molecule has 4 N–H and O–H groups in total. The Kier molecular flexibility index (Phi) is 3.35. The van der Waals surface area contributed by atoms with Crippen LogP contribution in [0.15, 0.2) is 18.2 Å². The Balaban J connectivity index is 2.31. The van der Waals surface area contributed by atoms with Gasteiger partial charge in [-0.3, -0.25) is 0 Å². The molecule has 1 fully saturated rings. The number of aliphatic hydroxyl groups is 2. The van der Waals surface area contributed by atoms with Gasteiger partial charge < -0.3 is 20.8 Å². The molecular formula is C11H15ClN2O2. The first-order chi connectivity index (χ1) is 7.63. The summed E-state index contributed by atoms with van der Waals surface area (Å²) in [7, 11) is 0. The van der Waals surface area contributed by atoms with Gasteiger partial charge in [-0.15, -0.1) is 0 Å². The topological polar surface area (TPSA) is 69.7 Å². The third kappa shape index (κ3) is 2.01. The van der Waals surface area contributed by atoms with Crippen LogP contribution in [0.5, 0.6) is 0 Å². The molecule has 0 bridgehead atoms. The van der Waals surface area contributed by atoms with Crippen molar-refractivity contribution in [2.75, 3.05) is 18.0 Å². The summed E-state index contributed by atoms with van der Waals surface area (Å²) in [6.45, 7) is 1.17. The van der Waals surface area contributed by atoms with E-state index >= 15 is 0 Å². The van der Waals surface area contributed by atoms with Crippen molar-refractivity contribution >= 4 is 17.3 Å². The lowest BCUT2D eigenvalue weighted by atomic mass is 10.1. The Morgan fingerprint density at radius 3 is 2.50 bits per heavy atom. The largest absolute Gasteiger partial charge is 0.389 e. The molecule has 88 valence electrons. The summed E-state index contributed by atoms with van der Waals surface area (Å²) >= 11 is 6.05. The van der Waals surface area contributed by atoms with Gasteiger partial charge in [0.1, 0.15) is 0 Å². The summed E-state index contributed by atoms with van der Waals surface area (Å²) < 4.78 is 0. The SMILES string of the molecule is NCc1c(Cl)cccc1N1CC(O)C(O)C1. The average Bonchev–Trinajstić information content (AvgIpc) is 2.59. The molecule has 1 aromatic carbocycles. The number of hydrogen-bond donors (Lipinski definition) is 3. The minimum atomic E-state index is -0.704. The Morgan fingerprint density at radius 2 is 1.94 bits per heavy atom. The monoisotopic (exact) mass is 242 g/mol. The van der Waals surface area contributed by atoms with Gasteiger partial charge in [0.2, 0.25) is 0 Å². The molecule has 1 aromatic rings. The normalized spacial score (nSPS) is 25.1. The number of halogens is 1. The first-order valence-electron chi connectivity index (χ1n) is 5.22. The van der Waals surface area contributed by atoms with E-state index in [9.17, 15) is 10.2 Å². The first-order valence-corrected chi connectivity index (χ1v) is 5.60. The molecule has 1 saturated heterocycles. The fourth-order valence-electron chi connectivity index (χ4n) is 2.01. The number of hydrogen-bond acceptors (Lipinski definition) is 4. The molecule has 0 aliphatic carbocycles. The van der Waals surface area contributed by atoms with E-state index in [1.807, 2.05) is 17.0 Å². The van der Waals surface area contributed by atoms with E-state index in [1.165, 1.54) is 0 Å². The van der Waals surface area contributed by atoms with Crippen LogP contribution in [0.25, 0.3) is 0 Å². The zero-order chi connectivity index (χ0) is 11.7. The predicted molar refractivity (Wildman–Crippen MR) is 63.6 cm³/mol. The highest BCUT2D eigenvalue weighted by molar-refractivity contribution is 6.31. The summed E-state index contributed by atoms with van der Waals surface area (Å²) in [4.78, 5) is 1.91. The van der Waals surface area contributed by atoms with Gasteiger partial charge in [0, 0.05) is 35.9 Å². The molecule has 1 aliphatic heterocycles. The Morgan fingerprint density at radius 1 is 1.31 bits per heavy atom. The molecule has 1 aliphatic rings. The third-order valence-corrected chi connectivity index (χ3v) is 3.25. The molecule has 0 aromatic heterocycles. The fourth-order valence-corrected chi connectivity index (χ4v) is 2.26. The van der Waals surface area contributed by atoms with Crippen molar-refractivity contribution < 1.29 is 10.2 Å². The van der Waals surface area contributed by atoms with Crippen LogP contribution < -0.4 is 10.6 Å². The highest BCUT2D eigenvalue weighted by Crippen LogP contribution is 2.29. The van der Waals surface area contributed by atoms with E-state index in [-0.39, 0.29) is 0 Å². The van der Waals surface area contributed by atoms with Crippen LogP contribution in [0, 0.1) is 0 Å². The molecule has 5 heteroatoms. The zero-order valence-corrected chi connectivity index (χ0v) is 9.56. The second-order valence-electron chi connectivity index (χ2n) is 3.98. The summed E-state index contributed by atoms with van der Waals surface area (Å²) in [6, 6.07) is 5.53. The molecule has 0 saturated carbocycles. The highest BCUT2D eigenvalue weighted by Gasteiger charge is 2.30. The van der Waals surface area contributed by atoms with Gasteiger partial charge in [-0.25, -0.2) is 0 Å². The molecule has 2 rings (SSSR count). The quantitative estimate of drug-likeness (QED) is 0.700. The van der Waals surface area contributed by atoms with E-state index in [4.69, 9.17) is 17.3 Å². The van der Waals surface area contributed by atoms with E-state index in [2.05, 4.69) is 0 Å². The van der Waals surface area contributed by atoms with Crippen LogP contribution in [0.2, 0.25) is 5.02 Å². The lowest BCUT2D eigenvalue weighted by Gasteiger charge is -2.21.